The minimum absolute atomic E-state index is 0.0739. The van der Waals surface area contributed by atoms with Gasteiger partial charge in [-0.3, -0.25) is 4.79 Å². The highest BCUT2D eigenvalue weighted by molar-refractivity contribution is 7.89. The largest absolute Gasteiger partial charge is 0.486 e. The lowest BCUT2D eigenvalue weighted by molar-refractivity contribution is -0.116. The highest BCUT2D eigenvalue weighted by atomic mass is 32.2. The Morgan fingerprint density at radius 3 is 2.24 bits per heavy atom. The van der Waals surface area contributed by atoms with Crippen molar-refractivity contribution in [2.75, 3.05) is 25.1 Å². The average molecular weight is 481 g/mol. The Hall–Kier alpha value is -3.36. The molecule has 1 aliphatic heterocycles. The number of carbonyl (C=O) groups excluding carboxylic acids is 1. The van der Waals surface area contributed by atoms with E-state index in [2.05, 4.69) is 5.32 Å². The number of amides is 1. The van der Waals surface area contributed by atoms with Crippen molar-refractivity contribution < 1.29 is 22.7 Å². The first-order valence-corrected chi connectivity index (χ1v) is 12.5. The van der Waals surface area contributed by atoms with E-state index in [0.717, 1.165) is 11.1 Å². The molecule has 34 heavy (non-hydrogen) atoms. The third-order valence-corrected chi connectivity index (χ3v) is 7.65. The van der Waals surface area contributed by atoms with Crippen LogP contribution in [0.5, 0.6) is 11.5 Å². The van der Waals surface area contributed by atoms with Gasteiger partial charge in [-0.15, -0.1) is 0 Å². The predicted molar refractivity (Wildman–Crippen MR) is 131 cm³/mol. The van der Waals surface area contributed by atoms with E-state index in [1.54, 1.807) is 32.0 Å². The maximum absolute atomic E-state index is 13.8. The number of anilines is 1. The van der Waals surface area contributed by atoms with Gasteiger partial charge in [0, 0.05) is 18.3 Å². The molecule has 1 amide bonds. The van der Waals surface area contributed by atoms with Crippen LogP contribution in [0.15, 0.2) is 65.6 Å². The number of carbonyl (C=O) groups is 1. The van der Waals surface area contributed by atoms with E-state index in [9.17, 15) is 13.2 Å². The molecule has 0 radical (unpaired) electrons. The Morgan fingerprint density at radius 1 is 0.912 bits per heavy atom. The van der Waals surface area contributed by atoms with Crippen LogP contribution in [-0.2, 0) is 21.4 Å². The number of nitrogens with one attached hydrogen (secondary N) is 1. The van der Waals surface area contributed by atoms with Crippen LogP contribution in [0.1, 0.15) is 22.3 Å². The Bertz CT molecular complexity index is 1280. The highest BCUT2D eigenvalue weighted by Crippen LogP contribution is 2.33. The van der Waals surface area contributed by atoms with Crippen LogP contribution in [0.2, 0.25) is 0 Å². The number of ether oxygens (including phenoxy) is 2. The van der Waals surface area contributed by atoms with Gasteiger partial charge in [0.25, 0.3) is 0 Å². The monoisotopic (exact) mass is 480 g/mol. The third-order valence-electron chi connectivity index (χ3n) is 5.55. The van der Waals surface area contributed by atoms with Crippen LogP contribution in [-0.4, -0.2) is 38.4 Å². The van der Waals surface area contributed by atoms with Crippen molar-refractivity contribution in [3.05, 3.63) is 82.9 Å². The molecule has 1 heterocycles. The summed E-state index contributed by atoms with van der Waals surface area (Å²) in [4.78, 5) is 13.2. The highest BCUT2D eigenvalue weighted by Gasteiger charge is 2.30. The van der Waals surface area contributed by atoms with Crippen molar-refractivity contribution in [2.24, 2.45) is 0 Å². The first-order valence-electron chi connectivity index (χ1n) is 11.1. The molecule has 0 unspecified atom stereocenters. The SMILES string of the molecule is Cc1cc(C)c(S(=O)(=O)N(CC(=O)Nc2ccc3c(c2)OCCO3)Cc2ccccc2)c(C)c1. The summed E-state index contributed by atoms with van der Waals surface area (Å²) in [5.41, 5.74) is 3.60. The van der Waals surface area contributed by atoms with Gasteiger partial charge >= 0.3 is 0 Å². The van der Waals surface area contributed by atoms with E-state index >= 15 is 0 Å². The minimum atomic E-state index is -3.95. The van der Waals surface area contributed by atoms with Crippen molar-refractivity contribution in [1.29, 1.82) is 0 Å². The van der Waals surface area contributed by atoms with Gasteiger partial charge in [-0.05, 0) is 49.6 Å². The fraction of sp³-hybridized carbons (Fsp3) is 0.269. The lowest BCUT2D eigenvalue weighted by Gasteiger charge is -2.24. The van der Waals surface area contributed by atoms with Crippen LogP contribution in [0, 0.1) is 20.8 Å². The number of hydrogen-bond acceptors (Lipinski definition) is 5. The van der Waals surface area contributed by atoms with Gasteiger partial charge in [0.1, 0.15) is 13.2 Å². The molecule has 0 aromatic heterocycles. The zero-order chi connectivity index (χ0) is 24.3. The van der Waals surface area contributed by atoms with Crippen LogP contribution >= 0.6 is 0 Å². The molecule has 178 valence electrons. The summed E-state index contributed by atoms with van der Waals surface area (Å²) in [6, 6.07) is 18.0. The number of benzene rings is 3. The normalized spacial score (nSPS) is 13.1. The minimum Gasteiger partial charge on any atom is -0.486 e. The number of nitrogens with zero attached hydrogens (tertiary/aromatic N) is 1. The number of hydrogen-bond donors (Lipinski definition) is 1. The second kappa shape index (κ2) is 9.87. The summed E-state index contributed by atoms with van der Waals surface area (Å²) >= 11 is 0. The molecule has 0 aliphatic carbocycles. The molecule has 4 rings (SSSR count). The van der Waals surface area contributed by atoms with Crippen molar-refractivity contribution in [2.45, 2.75) is 32.2 Å². The van der Waals surface area contributed by atoms with Gasteiger partial charge in [-0.2, -0.15) is 4.31 Å². The summed E-state index contributed by atoms with van der Waals surface area (Å²) in [6.45, 7) is 6.14. The van der Waals surface area contributed by atoms with Gasteiger partial charge in [-0.25, -0.2) is 8.42 Å². The van der Waals surface area contributed by atoms with Gasteiger partial charge in [0.2, 0.25) is 15.9 Å². The molecule has 0 atom stereocenters. The fourth-order valence-corrected chi connectivity index (χ4v) is 5.99. The van der Waals surface area contributed by atoms with Crippen LogP contribution in [0.3, 0.4) is 0 Å². The smallest absolute Gasteiger partial charge is 0.244 e. The van der Waals surface area contributed by atoms with Gasteiger partial charge in [-0.1, -0.05) is 48.0 Å². The Labute approximate surface area is 200 Å². The van der Waals surface area contributed by atoms with Crippen molar-refractivity contribution in [1.82, 2.24) is 4.31 Å². The molecule has 0 saturated heterocycles. The zero-order valence-corrected chi connectivity index (χ0v) is 20.3. The van der Waals surface area contributed by atoms with E-state index in [1.165, 1.54) is 4.31 Å². The molecule has 0 spiro atoms. The molecule has 8 heteroatoms. The molecular formula is C26H28N2O5S. The molecular weight excluding hydrogens is 452 g/mol. The van der Waals surface area contributed by atoms with Crippen molar-refractivity contribution in [3.63, 3.8) is 0 Å². The average Bonchev–Trinajstić information content (AvgIpc) is 2.78. The van der Waals surface area contributed by atoms with Crippen molar-refractivity contribution >= 4 is 21.6 Å². The van der Waals surface area contributed by atoms with Crippen LogP contribution < -0.4 is 14.8 Å². The lowest BCUT2D eigenvalue weighted by atomic mass is 10.1. The van der Waals surface area contributed by atoms with Gasteiger partial charge < -0.3 is 14.8 Å². The Morgan fingerprint density at radius 2 is 1.56 bits per heavy atom. The molecule has 7 nitrogen and oxygen atoms in total. The molecule has 0 bridgehead atoms. The van der Waals surface area contributed by atoms with Crippen LogP contribution in [0.25, 0.3) is 0 Å². The zero-order valence-electron chi connectivity index (χ0n) is 19.5. The maximum Gasteiger partial charge on any atom is 0.244 e. The van der Waals surface area contributed by atoms with Gasteiger partial charge in [0.05, 0.1) is 11.4 Å². The third kappa shape index (κ3) is 5.24. The van der Waals surface area contributed by atoms with Gasteiger partial charge in [0.15, 0.2) is 11.5 Å². The summed E-state index contributed by atoms with van der Waals surface area (Å²) in [6.07, 6.45) is 0. The van der Waals surface area contributed by atoms with E-state index in [0.29, 0.717) is 41.5 Å². The van der Waals surface area contributed by atoms with E-state index in [1.807, 2.05) is 49.4 Å². The molecule has 0 fully saturated rings. The summed E-state index contributed by atoms with van der Waals surface area (Å²) in [5, 5.41) is 2.79. The molecule has 0 saturated carbocycles. The number of fused-ring (bicyclic) bond motifs is 1. The second-order valence-corrected chi connectivity index (χ2v) is 10.3. The molecule has 3 aromatic carbocycles. The predicted octanol–water partition coefficient (Wildman–Crippen LogP) is 4.21. The second-order valence-electron chi connectivity index (χ2n) is 8.39. The molecule has 1 N–H and O–H groups in total. The first-order chi connectivity index (χ1) is 16.2. The fourth-order valence-electron chi connectivity index (χ4n) is 4.20. The van der Waals surface area contributed by atoms with E-state index in [4.69, 9.17) is 9.47 Å². The molecule has 3 aromatic rings. The van der Waals surface area contributed by atoms with Crippen LogP contribution in [0.4, 0.5) is 5.69 Å². The summed E-state index contributed by atoms with van der Waals surface area (Å²) < 4.78 is 39.9. The summed E-state index contributed by atoms with van der Waals surface area (Å²) in [7, 11) is -3.95. The van der Waals surface area contributed by atoms with E-state index < -0.39 is 15.9 Å². The van der Waals surface area contributed by atoms with Crippen molar-refractivity contribution in [3.8, 4) is 11.5 Å². The summed E-state index contributed by atoms with van der Waals surface area (Å²) in [5.74, 6) is 0.713. The first kappa shape index (κ1) is 23.8. The number of rotatable bonds is 7. The maximum atomic E-state index is 13.8. The number of aryl methyl sites for hydroxylation is 3. The van der Waals surface area contributed by atoms with E-state index in [-0.39, 0.29) is 18.0 Å². The number of sulfonamides is 1. The molecule has 1 aliphatic rings. The standard InChI is InChI=1S/C26H28N2O5S/c1-18-13-19(2)26(20(3)14-18)34(30,31)28(16-21-7-5-4-6-8-21)17-25(29)27-22-9-10-23-24(15-22)33-12-11-32-23/h4-10,13-15H,11-12,16-17H2,1-3H3,(H,27,29). The topological polar surface area (TPSA) is 84.9 Å². The lowest BCUT2D eigenvalue weighted by Crippen LogP contribution is -2.38. The Kier molecular flexibility index (Phi) is 6.90. The Balaban J connectivity index is 1.62. The quantitative estimate of drug-likeness (QED) is 0.548.